The van der Waals surface area contributed by atoms with Gasteiger partial charge in [0.1, 0.15) is 6.54 Å². The number of benzene rings is 1. The zero-order chi connectivity index (χ0) is 14.4. The first-order valence-electron chi connectivity index (χ1n) is 6.39. The van der Waals surface area contributed by atoms with E-state index in [9.17, 15) is 4.79 Å². The Hall–Kier alpha value is -2.38. The van der Waals surface area contributed by atoms with Crippen LogP contribution in [0, 0.1) is 18.3 Å². The van der Waals surface area contributed by atoms with E-state index < -0.39 is 0 Å². The van der Waals surface area contributed by atoms with Crippen molar-refractivity contribution in [1.82, 2.24) is 0 Å². The van der Waals surface area contributed by atoms with E-state index in [0.29, 0.717) is 0 Å². The largest absolute Gasteiger partial charge is 1.00 e. The number of pyridine rings is 1. The lowest BCUT2D eigenvalue weighted by Crippen LogP contribution is -3.00. The number of hydrogen-bond acceptors (Lipinski definition) is 2. The van der Waals surface area contributed by atoms with Gasteiger partial charge in [0.15, 0.2) is 12.4 Å². The minimum atomic E-state index is -0.105. The third kappa shape index (κ3) is 4.59. The fourth-order valence-corrected chi connectivity index (χ4v) is 1.90. The molecule has 108 valence electrons. The Morgan fingerprint density at radius 1 is 1.19 bits per heavy atom. The molecule has 0 fully saturated rings. The van der Waals surface area contributed by atoms with Gasteiger partial charge in [0.25, 0.3) is 5.91 Å². The first-order valence-corrected chi connectivity index (χ1v) is 6.39. The van der Waals surface area contributed by atoms with E-state index >= 15 is 0 Å². The number of amides is 1. The minimum absolute atomic E-state index is 0. The molecule has 5 heteroatoms. The molecule has 0 N–H and O–H groups in total. The van der Waals surface area contributed by atoms with Gasteiger partial charge in [0, 0.05) is 17.8 Å². The van der Waals surface area contributed by atoms with Crippen molar-refractivity contribution in [1.29, 1.82) is 5.26 Å². The highest BCUT2D eigenvalue weighted by Crippen LogP contribution is 2.15. The maximum absolute atomic E-state index is 12.3. The molecule has 0 saturated carbocycles. The van der Waals surface area contributed by atoms with Crippen molar-refractivity contribution in [2.45, 2.75) is 13.5 Å². The summed E-state index contributed by atoms with van der Waals surface area (Å²) in [6.45, 7) is 2.26. The molecule has 4 nitrogen and oxygen atoms in total. The second-order valence-electron chi connectivity index (χ2n) is 4.52. The summed E-state index contributed by atoms with van der Waals surface area (Å²) in [5, 5.41) is 8.92. The maximum Gasteiger partial charge on any atom is 0.293 e. The first kappa shape index (κ1) is 16.7. The van der Waals surface area contributed by atoms with Crippen molar-refractivity contribution in [3.63, 3.8) is 0 Å². The molecule has 1 heterocycles. The van der Waals surface area contributed by atoms with E-state index in [2.05, 4.69) is 0 Å². The number of carbonyl (C=O) groups excluding carboxylic acids is 1. The smallest absolute Gasteiger partial charge is 0.293 e. The SMILES string of the molecule is Cc1ccc(N(CC#N)C(=O)C[n+]2ccccc2)cc1.[Cl-]. The van der Waals surface area contributed by atoms with Crippen molar-refractivity contribution < 1.29 is 21.8 Å². The molecular formula is C16H16ClN3O. The van der Waals surface area contributed by atoms with Crippen LogP contribution in [0.25, 0.3) is 0 Å². The lowest BCUT2D eigenvalue weighted by molar-refractivity contribution is -0.684. The van der Waals surface area contributed by atoms with E-state index in [1.807, 2.05) is 67.9 Å². The van der Waals surface area contributed by atoms with Crippen molar-refractivity contribution in [3.05, 3.63) is 60.4 Å². The number of nitrogens with zero attached hydrogens (tertiary/aromatic N) is 3. The molecule has 0 aliphatic carbocycles. The highest BCUT2D eigenvalue weighted by molar-refractivity contribution is 5.92. The molecule has 2 aromatic rings. The summed E-state index contributed by atoms with van der Waals surface area (Å²) in [6.07, 6.45) is 3.66. The average Bonchev–Trinajstić information content (AvgIpc) is 2.47. The Balaban J connectivity index is 0.00000220. The number of anilines is 1. The van der Waals surface area contributed by atoms with Crippen LogP contribution in [0.4, 0.5) is 5.69 Å². The number of aromatic nitrogens is 1. The summed E-state index contributed by atoms with van der Waals surface area (Å²) in [7, 11) is 0. The summed E-state index contributed by atoms with van der Waals surface area (Å²) < 4.78 is 1.79. The standard InChI is InChI=1S/C16H16N3O.ClH/c1-14-5-7-15(8-6-14)19(12-9-17)16(20)13-18-10-3-2-4-11-18;/h2-8,10-11H,12-13H2,1H3;1H/q+1;/p-1. The lowest BCUT2D eigenvalue weighted by Gasteiger charge is -2.18. The molecule has 0 saturated heterocycles. The highest BCUT2D eigenvalue weighted by Gasteiger charge is 2.19. The zero-order valence-corrected chi connectivity index (χ0v) is 12.5. The van der Waals surface area contributed by atoms with Gasteiger partial charge in [-0.3, -0.25) is 9.69 Å². The summed E-state index contributed by atoms with van der Waals surface area (Å²) in [6, 6.07) is 15.3. The predicted molar refractivity (Wildman–Crippen MR) is 75.8 cm³/mol. The van der Waals surface area contributed by atoms with Crippen molar-refractivity contribution in [3.8, 4) is 6.07 Å². The number of aryl methyl sites for hydroxylation is 1. The second-order valence-corrected chi connectivity index (χ2v) is 4.52. The highest BCUT2D eigenvalue weighted by atomic mass is 35.5. The Kier molecular flexibility index (Phi) is 6.38. The van der Waals surface area contributed by atoms with Gasteiger partial charge in [-0.1, -0.05) is 23.8 Å². The molecule has 1 amide bonds. The first-order chi connectivity index (χ1) is 9.70. The van der Waals surface area contributed by atoms with Crippen LogP contribution in [0.3, 0.4) is 0 Å². The molecular weight excluding hydrogens is 286 g/mol. The molecule has 0 spiro atoms. The van der Waals surface area contributed by atoms with Gasteiger partial charge in [-0.05, 0) is 19.1 Å². The summed E-state index contributed by atoms with van der Waals surface area (Å²) in [5.41, 5.74) is 1.87. The van der Waals surface area contributed by atoms with Crippen LogP contribution in [0.15, 0.2) is 54.9 Å². The summed E-state index contributed by atoms with van der Waals surface area (Å²) in [5.74, 6) is -0.105. The monoisotopic (exact) mass is 301 g/mol. The van der Waals surface area contributed by atoms with Crippen LogP contribution < -0.4 is 21.9 Å². The number of nitriles is 1. The second kappa shape index (κ2) is 8.03. The summed E-state index contributed by atoms with van der Waals surface area (Å²) in [4.78, 5) is 13.8. The van der Waals surface area contributed by atoms with Gasteiger partial charge >= 0.3 is 0 Å². The predicted octanol–water partition coefficient (Wildman–Crippen LogP) is -1.16. The average molecular weight is 302 g/mol. The fraction of sp³-hybridized carbons (Fsp3) is 0.188. The molecule has 1 aromatic carbocycles. The Bertz CT molecular complexity index is 620. The van der Waals surface area contributed by atoms with Gasteiger partial charge in [0.2, 0.25) is 6.54 Å². The molecule has 0 radical (unpaired) electrons. The maximum atomic E-state index is 12.3. The van der Waals surface area contributed by atoms with Gasteiger partial charge < -0.3 is 12.4 Å². The number of hydrogen-bond donors (Lipinski definition) is 0. The minimum Gasteiger partial charge on any atom is -1.00 e. The quantitative estimate of drug-likeness (QED) is 0.528. The van der Waals surface area contributed by atoms with Crippen LogP contribution in [0.5, 0.6) is 0 Å². The van der Waals surface area contributed by atoms with Crippen LogP contribution in [0.2, 0.25) is 0 Å². The molecule has 21 heavy (non-hydrogen) atoms. The van der Waals surface area contributed by atoms with Crippen LogP contribution in [-0.2, 0) is 11.3 Å². The molecule has 0 unspecified atom stereocenters. The normalized spacial score (nSPS) is 9.33. The van der Waals surface area contributed by atoms with E-state index in [4.69, 9.17) is 5.26 Å². The summed E-state index contributed by atoms with van der Waals surface area (Å²) >= 11 is 0. The van der Waals surface area contributed by atoms with E-state index in [1.165, 1.54) is 4.90 Å². The van der Waals surface area contributed by atoms with Crippen LogP contribution in [0.1, 0.15) is 5.56 Å². The molecule has 0 aliphatic heterocycles. The zero-order valence-electron chi connectivity index (χ0n) is 11.7. The fourth-order valence-electron chi connectivity index (χ4n) is 1.90. The third-order valence-corrected chi connectivity index (χ3v) is 2.97. The number of carbonyl (C=O) groups is 1. The van der Waals surface area contributed by atoms with Gasteiger partial charge in [-0.2, -0.15) is 9.83 Å². The molecule has 0 atom stereocenters. The number of rotatable bonds is 4. The Morgan fingerprint density at radius 2 is 1.81 bits per heavy atom. The third-order valence-electron chi connectivity index (χ3n) is 2.97. The van der Waals surface area contributed by atoms with E-state index in [1.54, 1.807) is 4.57 Å². The van der Waals surface area contributed by atoms with Crippen molar-refractivity contribution in [2.75, 3.05) is 11.4 Å². The van der Waals surface area contributed by atoms with Gasteiger partial charge in [-0.15, -0.1) is 0 Å². The van der Waals surface area contributed by atoms with Gasteiger partial charge in [0.05, 0.1) is 6.07 Å². The Labute approximate surface area is 130 Å². The van der Waals surface area contributed by atoms with Gasteiger partial charge in [-0.25, -0.2) is 0 Å². The van der Waals surface area contributed by atoms with Crippen molar-refractivity contribution in [2.24, 2.45) is 0 Å². The van der Waals surface area contributed by atoms with Crippen LogP contribution in [-0.4, -0.2) is 12.5 Å². The molecule has 0 aliphatic rings. The number of halogens is 1. The van der Waals surface area contributed by atoms with E-state index in [0.717, 1.165) is 11.3 Å². The van der Waals surface area contributed by atoms with E-state index in [-0.39, 0.29) is 31.4 Å². The van der Waals surface area contributed by atoms with Crippen LogP contribution >= 0.6 is 0 Å². The topological polar surface area (TPSA) is 48.0 Å². The lowest BCUT2D eigenvalue weighted by atomic mass is 10.2. The molecule has 1 aromatic heterocycles. The van der Waals surface area contributed by atoms with Crippen molar-refractivity contribution >= 4 is 11.6 Å². The Morgan fingerprint density at radius 3 is 2.38 bits per heavy atom. The molecule has 0 bridgehead atoms. The molecule has 2 rings (SSSR count).